The molecule has 2 heterocycles. The van der Waals surface area contributed by atoms with Gasteiger partial charge in [0, 0.05) is 6.04 Å². The van der Waals surface area contributed by atoms with Crippen LogP contribution in [0.4, 0.5) is 0 Å². The van der Waals surface area contributed by atoms with Gasteiger partial charge in [0.05, 0.1) is 24.8 Å². The smallest absolute Gasteiger partial charge is 0.245 e. The van der Waals surface area contributed by atoms with E-state index in [1.165, 1.54) is 11.1 Å². The van der Waals surface area contributed by atoms with Crippen molar-refractivity contribution in [3.05, 3.63) is 35.4 Å². The molecular formula is C24H35N3O3. The minimum absolute atomic E-state index is 0.0764. The fourth-order valence-electron chi connectivity index (χ4n) is 5.44. The molecule has 0 spiro atoms. The van der Waals surface area contributed by atoms with E-state index in [1.807, 2.05) is 6.92 Å². The number of carbonyl (C=O) groups excluding carboxylic acids is 2. The Bertz CT molecular complexity index is 739. The van der Waals surface area contributed by atoms with Gasteiger partial charge in [-0.05, 0) is 69.5 Å². The molecule has 2 fully saturated rings. The van der Waals surface area contributed by atoms with Crippen LogP contribution in [0.25, 0.3) is 0 Å². The monoisotopic (exact) mass is 413 g/mol. The zero-order valence-corrected chi connectivity index (χ0v) is 18.2. The van der Waals surface area contributed by atoms with Gasteiger partial charge in [-0.2, -0.15) is 0 Å². The molecule has 0 bridgehead atoms. The van der Waals surface area contributed by atoms with Crippen LogP contribution >= 0.6 is 0 Å². The normalized spacial score (nSPS) is 27.5. The summed E-state index contributed by atoms with van der Waals surface area (Å²) in [5, 5.41) is 6.05. The molecule has 6 nitrogen and oxygen atoms in total. The molecule has 3 aliphatic rings. The molecule has 2 amide bonds. The van der Waals surface area contributed by atoms with E-state index in [-0.39, 0.29) is 30.0 Å². The minimum Gasteiger partial charge on any atom is -0.375 e. The fourth-order valence-corrected chi connectivity index (χ4v) is 5.44. The lowest BCUT2D eigenvalue weighted by Crippen LogP contribution is -2.54. The third-order valence-corrected chi connectivity index (χ3v) is 7.13. The minimum atomic E-state index is -0.416. The molecule has 30 heavy (non-hydrogen) atoms. The van der Waals surface area contributed by atoms with Gasteiger partial charge < -0.3 is 20.3 Å². The first kappa shape index (κ1) is 21.3. The average Bonchev–Trinajstić information content (AvgIpc) is 3.31. The Morgan fingerprint density at radius 3 is 2.57 bits per heavy atom. The van der Waals surface area contributed by atoms with E-state index in [0.29, 0.717) is 19.1 Å². The van der Waals surface area contributed by atoms with Crippen molar-refractivity contribution in [1.29, 1.82) is 0 Å². The Morgan fingerprint density at radius 2 is 1.90 bits per heavy atom. The molecule has 0 saturated carbocycles. The maximum atomic E-state index is 13.4. The van der Waals surface area contributed by atoms with Crippen molar-refractivity contribution in [2.24, 2.45) is 0 Å². The molecule has 2 N–H and O–H groups in total. The van der Waals surface area contributed by atoms with Gasteiger partial charge >= 0.3 is 0 Å². The Kier molecular flexibility index (Phi) is 6.74. The second-order valence-corrected chi connectivity index (χ2v) is 9.00. The molecule has 1 aliphatic carbocycles. The number of carbonyl (C=O) groups is 2. The lowest BCUT2D eigenvalue weighted by Gasteiger charge is -2.32. The highest BCUT2D eigenvalue weighted by Crippen LogP contribution is 2.33. The third kappa shape index (κ3) is 4.40. The van der Waals surface area contributed by atoms with Crippen molar-refractivity contribution in [2.75, 3.05) is 13.7 Å². The van der Waals surface area contributed by atoms with Crippen LogP contribution in [0.15, 0.2) is 24.3 Å². The van der Waals surface area contributed by atoms with Crippen molar-refractivity contribution in [2.45, 2.75) is 88.6 Å². The van der Waals surface area contributed by atoms with Crippen molar-refractivity contribution in [3.63, 3.8) is 0 Å². The summed E-state index contributed by atoms with van der Waals surface area (Å²) in [7, 11) is 1.79. The maximum absolute atomic E-state index is 13.4. The molecule has 1 aromatic rings. The summed E-state index contributed by atoms with van der Waals surface area (Å²) in [6.07, 6.45) is 7.58. The Balaban J connectivity index is 1.36. The van der Waals surface area contributed by atoms with Gasteiger partial charge in [-0.1, -0.05) is 31.2 Å². The molecule has 6 heteroatoms. The number of ether oxygens (including phenoxy) is 1. The largest absolute Gasteiger partial charge is 0.375 e. The van der Waals surface area contributed by atoms with Crippen LogP contribution in [0, 0.1) is 0 Å². The number of benzene rings is 1. The molecule has 1 aromatic carbocycles. The molecule has 4 atom stereocenters. The van der Waals surface area contributed by atoms with Crippen LogP contribution in [0.3, 0.4) is 0 Å². The van der Waals surface area contributed by atoms with E-state index in [0.717, 1.165) is 44.9 Å². The second kappa shape index (κ2) is 9.48. The van der Waals surface area contributed by atoms with Crippen LogP contribution in [-0.2, 0) is 27.2 Å². The number of hydrogen-bond donors (Lipinski definition) is 2. The third-order valence-electron chi connectivity index (χ3n) is 7.13. The van der Waals surface area contributed by atoms with Crippen LogP contribution in [0.1, 0.15) is 56.6 Å². The van der Waals surface area contributed by atoms with Crippen molar-refractivity contribution < 1.29 is 14.3 Å². The molecular weight excluding hydrogens is 378 g/mol. The zero-order chi connectivity index (χ0) is 21.1. The van der Waals surface area contributed by atoms with Gasteiger partial charge in [-0.25, -0.2) is 0 Å². The summed E-state index contributed by atoms with van der Waals surface area (Å²) in [6, 6.07) is 8.29. The summed E-state index contributed by atoms with van der Waals surface area (Å²) < 4.78 is 6.31. The van der Waals surface area contributed by atoms with Gasteiger partial charge in [0.1, 0.15) is 6.04 Å². The van der Waals surface area contributed by atoms with Gasteiger partial charge in [0.15, 0.2) is 0 Å². The Morgan fingerprint density at radius 1 is 1.17 bits per heavy atom. The highest BCUT2D eigenvalue weighted by Gasteiger charge is 2.42. The van der Waals surface area contributed by atoms with Gasteiger partial charge in [0.2, 0.25) is 11.8 Å². The first-order chi connectivity index (χ1) is 14.6. The number of amides is 2. The molecule has 0 aromatic heterocycles. The topological polar surface area (TPSA) is 70.7 Å². The van der Waals surface area contributed by atoms with Crippen LogP contribution < -0.4 is 10.6 Å². The number of nitrogens with one attached hydrogen (secondary N) is 2. The lowest BCUT2D eigenvalue weighted by molar-refractivity contribution is -0.140. The van der Waals surface area contributed by atoms with E-state index in [1.54, 1.807) is 7.05 Å². The van der Waals surface area contributed by atoms with Crippen LogP contribution in [0.2, 0.25) is 0 Å². The first-order valence-electron chi connectivity index (χ1n) is 11.6. The molecule has 4 rings (SSSR count). The first-order valence-corrected chi connectivity index (χ1v) is 11.6. The summed E-state index contributed by atoms with van der Waals surface area (Å²) >= 11 is 0. The zero-order valence-electron chi connectivity index (χ0n) is 18.2. The lowest BCUT2D eigenvalue weighted by atomic mass is 10.1. The number of rotatable bonds is 7. The molecule has 164 valence electrons. The summed E-state index contributed by atoms with van der Waals surface area (Å²) in [6.45, 7) is 2.57. The highest BCUT2D eigenvalue weighted by molar-refractivity contribution is 5.90. The van der Waals surface area contributed by atoms with E-state index >= 15 is 0 Å². The van der Waals surface area contributed by atoms with E-state index < -0.39 is 6.04 Å². The standard InChI is InChI=1S/C24H35N3O3/c1-3-21(25-2)23(28)26-22-10-6-9-18-11-12-19(27(18)24(22)29)15-30-20-13-16-7-4-5-8-17(16)14-20/h4-5,7-8,18-22,25H,3,6,9-15H2,1-2H3,(H,26,28)/t18-,19-,21?,22-/m0/s1. The van der Waals surface area contributed by atoms with Gasteiger partial charge in [-0.3, -0.25) is 9.59 Å². The van der Waals surface area contributed by atoms with E-state index in [4.69, 9.17) is 4.74 Å². The van der Waals surface area contributed by atoms with Gasteiger partial charge in [0.25, 0.3) is 0 Å². The van der Waals surface area contributed by atoms with Gasteiger partial charge in [-0.15, -0.1) is 0 Å². The van der Waals surface area contributed by atoms with Crippen molar-refractivity contribution in [1.82, 2.24) is 15.5 Å². The number of fused-ring (bicyclic) bond motifs is 2. The molecule has 1 unspecified atom stereocenters. The van der Waals surface area contributed by atoms with Crippen LogP contribution in [0.5, 0.6) is 0 Å². The number of hydrogen-bond acceptors (Lipinski definition) is 4. The quantitative estimate of drug-likeness (QED) is 0.719. The SMILES string of the molecule is CCC(NC)C(=O)N[C@H]1CCC[C@H]2CC[C@@H](COC3Cc4ccccc4C3)N2C1=O. The average molecular weight is 414 g/mol. The summed E-state index contributed by atoms with van der Waals surface area (Å²) in [4.78, 5) is 28.0. The van der Waals surface area contributed by atoms with Crippen LogP contribution in [-0.4, -0.2) is 60.6 Å². The van der Waals surface area contributed by atoms with E-state index in [9.17, 15) is 9.59 Å². The summed E-state index contributed by atoms with van der Waals surface area (Å²) in [5.74, 6) is 0.00475. The molecule has 2 aliphatic heterocycles. The molecule has 2 saturated heterocycles. The second-order valence-electron chi connectivity index (χ2n) is 9.00. The summed E-state index contributed by atoms with van der Waals surface area (Å²) in [5.41, 5.74) is 2.77. The molecule has 0 radical (unpaired) electrons. The van der Waals surface area contributed by atoms with Crippen molar-refractivity contribution in [3.8, 4) is 0 Å². The van der Waals surface area contributed by atoms with E-state index in [2.05, 4.69) is 39.8 Å². The number of likely N-dealkylation sites (N-methyl/N-ethyl adjacent to an activating group) is 1. The Hall–Kier alpha value is -1.92. The Labute approximate surface area is 179 Å². The predicted octanol–water partition coefficient (Wildman–Crippen LogP) is 2.20. The maximum Gasteiger partial charge on any atom is 0.245 e. The highest BCUT2D eigenvalue weighted by atomic mass is 16.5. The predicted molar refractivity (Wildman–Crippen MR) is 116 cm³/mol. The number of nitrogens with zero attached hydrogens (tertiary/aromatic N) is 1. The van der Waals surface area contributed by atoms with Crippen molar-refractivity contribution >= 4 is 11.8 Å². The fraction of sp³-hybridized carbons (Fsp3) is 0.667.